The van der Waals surface area contributed by atoms with E-state index in [1.54, 1.807) is 0 Å². The molecule has 1 aromatic carbocycles. The summed E-state index contributed by atoms with van der Waals surface area (Å²) in [5.74, 6) is 0.836. The predicted molar refractivity (Wildman–Crippen MR) is 94.8 cm³/mol. The van der Waals surface area contributed by atoms with Gasteiger partial charge in [0.1, 0.15) is 5.75 Å². The lowest BCUT2D eigenvalue weighted by Crippen LogP contribution is -2.50. The van der Waals surface area contributed by atoms with Crippen LogP contribution in [0.3, 0.4) is 0 Å². The molecule has 1 aliphatic rings. The van der Waals surface area contributed by atoms with Crippen LogP contribution in [0.5, 0.6) is 5.75 Å². The Kier molecular flexibility index (Phi) is 8.05. The lowest BCUT2D eigenvalue weighted by Gasteiger charge is -2.31. The van der Waals surface area contributed by atoms with E-state index in [-0.39, 0.29) is 0 Å². The highest BCUT2D eigenvalue weighted by Gasteiger charge is 2.42. The van der Waals surface area contributed by atoms with Gasteiger partial charge >= 0.3 is 8.80 Å². The van der Waals surface area contributed by atoms with Gasteiger partial charge in [0.2, 0.25) is 0 Å². The molecule has 1 aromatic rings. The molecule has 0 bridgehead atoms. The average Bonchev–Trinajstić information content (AvgIpc) is 2.57. The highest BCUT2D eigenvalue weighted by Crippen LogP contribution is 2.22. The van der Waals surface area contributed by atoms with Gasteiger partial charge in [-0.2, -0.15) is 0 Å². The van der Waals surface area contributed by atoms with Crippen LogP contribution in [0, 0.1) is 0 Å². The van der Waals surface area contributed by atoms with E-state index >= 15 is 0 Å². The number of para-hydroxylation sites is 1. The second kappa shape index (κ2) is 10.0. The molecule has 1 fully saturated rings. The Labute approximate surface area is 141 Å². The summed E-state index contributed by atoms with van der Waals surface area (Å²) in [6, 6.07) is 10.7. The van der Waals surface area contributed by atoms with Gasteiger partial charge in [0, 0.05) is 45.4 Å². The molecule has 1 N–H and O–H groups in total. The molecule has 0 aliphatic carbocycles. The standard InChI is InChI=1S/C17H30N2O3Si/c1-3-20-23(21-4-2,22-17-9-6-5-7-10-17)16-8-13-19-14-11-18-12-15-19/h5-7,9-10,18H,3-4,8,11-16H2,1-2H3. The van der Waals surface area contributed by atoms with E-state index in [9.17, 15) is 0 Å². The van der Waals surface area contributed by atoms with E-state index in [0.717, 1.165) is 50.9 Å². The maximum absolute atomic E-state index is 6.24. The summed E-state index contributed by atoms with van der Waals surface area (Å²) in [4.78, 5) is 2.50. The fraction of sp³-hybridized carbons (Fsp3) is 0.647. The van der Waals surface area contributed by atoms with Crippen molar-refractivity contribution in [1.29, 1.82) is 0 Å². The second-order valence-electron chi connectivity index (χ2n) is 5.66. The fourth-order valence-corrected chi connectivity index (χ4v) is 5.42. The molecule has 0 amide bonds. The number of rotatable bonds is 10. The zero-order valence-electron chi connectivity index (χ0n) is 14.4. The summed E-state index contributed by atoms with van der Waals surface area (Å²) in [5, 5.41) is 3.39. The molecule has 0 spiro atoms. The van der Waals surface area contributed by atoms with Crippen molar-refractivity contribution < 1.29 is 13.3 Å². The minimum atomic E-state index is -2.66. The Bertz CT molecular complexity index is 421. The summed E-state index contributed by atoms with van der Waals surface area (Å²) in [5.41, 5.74) is 0. The maximum atomic E-state index is 6.24. The van der Waals surface area contributed by atoms with Crippen LogP contribution in [-0.4, -0.2) is 59.6 Å². The van der Waals surface area contributed by atoms with Crippen molar-refractivity contribution in [3.8, 4) is 5.75 Å². The number of hydrogen-bond donors (Lipinski definition) is 1. The first kappa shape index (κ1) is 18.4. The summed E-state index contributed by atoms with van der Waals surface area (Å²) in [6.45, 7) is 10.7. The quantitative estimate of drug-likeness (QED) is 0.664. The molecular formula is C17H30N2O3Si. The van der Waals surface area contributed by atoms with E-state index in [2.05, 4.69) is 10.2 Å². The maximum Gasteiger partial charge on any atom is 0.566 e. The third-order valence-electron chi connectivity index (χ3n) is 3.91. The summed E-state index contributed by atoms with van der Waals surface area (Å²) in [7, 11) is -2.66. The number of piperazine rings is 1. The van der Waals surface area contributed by atoms with Crippen LogP contribution in [-0.2, 0) is 8.85 Å². The van der Waals surface area contributed by atoms with Crippen molar-refractivity contribution in [3.63, 3.8) is 0 Å². The van der Waals surface area contributed by atoms with Crippen molar-refractivity contribution in [2.75, 3.05) is 45.9 Å². The monoisotopic (exact) mass is 338 g/mol. The van der Waals surface area contributed by atoms with Gasteiger partial charge in [0.05, 0.1) is 0 Å². The topological polar surface area (TPSA) is 43.0 Å². The van der Waals surface area contributed by atoms with Crippen LogP contribution in [0.4, 0.5) is 0 Å². The number of nitrogens with zero attached hydrogens (tertiary/aromatic N) is 1. The SMILES string of the molecule is CCO[Si](CCCN1CCNCC1)(OCC)Oc1ccccc1. The van der Waals surface area contributed by atoms with E-state index < -0.39 is 8.80 Å². The molecule has 2 rings (SSSR count). The van der Waals surface area contributed by atoms with Gasteiger partial charge in [-0.1, -0.05) is 18.2 Å². The van der Waals surface area contributed by atoms with Gasteiger partial charge in [0.15, 0.2) is 0 Å². The summed E-state index contributed by atoms with van der Waals surface area (Å²) >= 11 is 0. The van der Waals surface area contributed by atoms with Gasteiger partial charge in [-0.3, -0.25) is 0 Å². The van der Waals surface area contributed by atoms with Gasteiger partial charge in [-0.05, 0) is 38.9 Å². The second-order valence-corrected chi connectivity index (χ2v) is 8.31. The summed E-state index contributed by atoms with van der Waals surface area (Å²) < 4.78 is 18.3. The van der Waals surface area contributed by atoms with Gasteiger partial charge in [-0.25, -0.2) is 0 Å². The van der Waals surface area contributed by atoms with E-state index in [4.69, 9.17) is 13.3 Å². The molecule has 1 saturated heterocycles. The van der Waals surface area contributed by atoms with Crippen molar-refractivity contribution in [3.05, 3.63) is 30.3 Å². The van der Waals surface area contributed by atoms with Crippen LogP contribution < -0.4 is 9.74 Å². The third kappa shape index (κ3) is 6.23. The Morgan fingerprint density at radius 2 is 1.70 bits per heavy atom. The molecule has 0 saturated carbocycles. The van der Waals surface area contributed by atoms with Crippen LogP contribution in [0.25, 0.3) is 0 Å². The normalized spacial score (nSPS) is 16.4. The molecule has 0 aromatic heterocycles. The Morgan fingerprint density at radius 3 is 2.30 bits per heavy atom. The van der Waals surface area contributed by atoms with Crippen LogP contribution >= 0.6 is 0 Å². The Balaban J connectivity index is 1.93. The molecular weight excluding hydrogens is 308 g/mol. The zero-order chi connectivity index (χ0) is 16.4. The first-order valence-corrected chi connectivity index (χ1v) is 10.7. The minimum Gasteiger partial charge on any atom is -0.501 e. The molecule has 1 heterocycles. The summed E-state index contributed by atoms with van der Waals surface area (Å²) in [6.07, 6.45) is 1.04. The smallest absolute Gasteiger partial charge is 0.501 e. The molecule has 0 unspecified atom stereocenters. The zero-order valence-corrected chi connectivity index (χ0v) is 15.4. The average molecular weight is 339 g/mol. The molecule has 130 valence electrons. The highest BCUT2D eigenvalue weighted by molar-refractivity contribution is 6.61. The van der Waals surface area contributed by atoms with Crippen LogP contribution in [0.15, 0.2) is 30.3 Å². The third-order valence-corrected chi connectivity index (χ3v) is 6.88. The van der Waals surface area contributed by atoms with Crippen LogP contribution in [0.1, 0.15) is 20.3 Å². The Hall–Kier alpha value is -0.923. The van der Waals surface area contributed by atoms with Crippen molar-refractivity contribution in [1.82, 2.24) is 10.2 Å². The largest absolute Gasteiger partial charge is 0.566 e. The number of hydrogen-bond acceptors (Lipinski definition) is 5. The lowest BCUT2D eigenvalue weighted by atomic mass is 10.3. The highest BCUT2D eigenvalue weighted by atomic mass is 28.4. The van der Waals surface area contributed by atoms with Crippen molar-refractivity contribution >= 4 is 8.80 Å². The Morgan fingerprint density at radius 1 is 1.04 bits per heavy atom. The number of nitrogens with one attached hydrogen (secondary N) is 1. The molecule has 23 heavy (non-hydrogen) atoms. The van der Waals surface area contributed by atoms with Crippen molar-refractivity contribution in [2.45, 2.75) is 26.3 Å². The van der Waals surface area contributed by atoms with Gasteiger partial charge in [0.25, 0.3) is 0 Å². The molecule has 0 radical (unpaired) electrons. The molecule has 0 atom stereocenters. The lowest BCUT2D eigenvalue weighted by molar-refractivity contribution is 0.114. The number of benzene rings is 1. The van der Waals surface area contributed by atoms with Gasteiger partial charge in [-0.15, -0.1) is 0 Å². The van der Waals surface area contributed by atoms with Gasteiger partial charge < -0.3 is 23.5 Å². The van der Waals surface area contributed by atoms with Crippen LogP contribution in [0.2, 0.25) is 6.04 Å². The molecule has 1 aliphatic heterocycles. The fourth-order valence-electron chi connectivity index (χ4n) is 2.86. The van der Waals surface area contributed by atoms with Crippen molar-refractivity contribution in [2.24, 2.45) is 0 Å². The first-order valence-electron chi connectivity index (χ1n) is 8.73. The minimum absolute atomic E-state index is 0.618. The van der Waals surface area contributed by atoms with E-state index in [0.29, 0.717) is 13.2 Å². The van der Waals surface area contributed by atoms with E-state index in [1.807, 2.05) is 44.2 Å². The predicted octanol–water partition coefficient (Wildman–Crippen LogP) is 2.37. The molecule has 6 heteroatoms. The van der Waals surface area contributed by atoms with E-state index in [1.165, 1.54) is 0 Å². The first-order chi connectivity index (χ1) is 11.3. The molecule has 5 nitrogen and oxygen atoms in total.